The summed E-state index contributed by atoms with van der Waals surface area (Å²) in [6.45, 7) is 0. The van der Waals surface area contributed by atoms with Crippen LogP contribution in [-0.4, -0.2) is 7.11 Å². The van der Waals surface area contributed by atoms with Crippen molar-refractivity contribution in [3.63, 3.8) is 0 Å². The molecular formula is C15H14BrClO. The van der Waals surface area contributed by atoms with Crippen LogP contribution in [0, 0.1) is 0 Å². The number of hydrogen-bond donors (Lipinski definition) is 0. The van der Waals surface area contributed by atoms with E-state index in [9.17, 15) is 0 Å². The van der Waals surface area contributed by atoms with Gasteiger partial charge < -0.3 is 4.74 Å². The Balaban J connectivity index is 2.19. The van der Waals surface area contributed by atoms with Gasteiger partial charge in [0.1, 0.15) is 5.75 Å². The van der Waals surface area contributed by atoms with Gasteiger partial charge in [-0.1, -0.05) is 57.9 Å². The van der Waals surface area contributed by atoms with Crippen LogP contribution in [0.15, 0.2) is 48.5 Å². The summed E-state index contributed by atoms with van der Waals surface area (Å²) >= 11 is 9.71. The van der Waals surface area contributed by atoms with E-state index in [1.807, 2.05) is 36.4 Å². The van der Waals surface area contributed by atoms with Crippen LogP contribution >= 0.6 is 27.5 Å². The van der Waals surface area contributed by atoms with Crippen molar-refractivity contribution in [3.8, 4) is 5.75 Å². The first-order valence-corrected chi connectivity index (χ1v) is 7.01. The average molecular weight is 326 g/mol. The highest BCUT2D eigenvalue weighted by atomic mass is 79.9. The fraction of sp³-hybridized carbons (Fsp3) is 0.200. The summed E-state index contributed by atoms with van der Waals surface area (Å²) in [7, 11) is 1.69. The molecule has 0 saturated carbocycles. The number of methoxy groups -OCH3 is 1. The maximum atomic E-state index is 5.99. The number of hydrogen-bond acceptors (Lipinski definition) is 1. The highest BCUT2D eigenvalue weighted by Gasteiger charge is 2.13. The molecule has 0 heterocycles. The lowest BCUT2D eigenvalue weighted by atomic mass is 10.0. The molecule has 0 fully saturated rings. The molecule has 0 N–H and O–H groups in total. The Bertz CT molecular complexity index is 527. The quantitative estimate of drug-likeness (QED) is 0.717. The van der Waals surface area contributed by atoms with E-state index in [2.05, 4.69) is 28.1 Å². The number of benzene rings is 2. The fourth-order valence-corrected chi connectivity index (χ4v) is 2.87. The summed E-state index contributed by atoms with van der Waals surface area (Å²) < 4.78 is 5.37. The van der Waals surface area contributed by atoms with Crippen molar-refractivity contribution in [3.05, 3.63) is 64.7 Å². The molecule has 2 rings (SSSR count). The molecule has 0 aliphatic carbocycles. The van der Waals surface area contributed by atoms with E-state index >= 15 is 0 Å². The minimum Gasteiger partial charge on any atom is -0.496 e. The third-order valence-corrected chi connectivity index (χ3v) is 3.83. The first kappa shape index (κ1) is 13.4. The van der Waals surface area contributed by atoms with Crippen LogP contribution in [0.5, 0.6) is 5.75 Å². The molecule has 0 aliphatic heterocycles. The lowest BCUT2D eigenvalue weighted by Gasteiger charge is -2.14. The maximum Gasteiger partial charge on any atom is 0.123 e. The SMILES string of the molecule is COc1ccccc1C(Br)Cc1cccc(Cl)c1. The molecule has 18 heavy (non-hydrogen) atoms. The minimum absolute atomic E-state index is 0.215. The largest absolute Gasteiger partial charge is 0.496 e. The average Bonchev–Trinajstić information content (AvgIpc) is 2.38. The van der Waals surface area contributed by atoms with Crippen molar-refractivity contribution < 1.29 is 4.74 Å². The molecule has 0 aliphatic rings. The highest BCUT2D eigenvalue weighted by molar-refractivity contribution is 9.09. The van der Waals surface area contributed by atoms with E-state index in [0.29, 0.717) is 0 Å². The van der Waals surface area contributed by atoms with Crippen molar-refractivity contribution in [1.82, 2.24) is 0 Å². The Morgan fingerprint density at radius 2 is 1.94 bits per heavy atom. The Morgan fingerprint density at radius 1 is 1.17 bits per heavy atom. The molecule has 94 valence electrons. The van der Waals surface area contributed by atoms with Gasteiger partial charge in [-0.15, -0.1) is 0 Å². The van der Waals surface area contributed by atoms with Gasteiger partial charge in [-0.3, -0.25) is 0 Å². The normalized spacial score (nSPS) is 12.2. The second-order valence-electron chi connectivity index (χ2n) is 4.04. The van der Waals surface area contributed by atoms with E-state index in [0.717, 1.165) is 22.8 Å². The molecule has 1 nitrogen and oxygen atoms in total. The van der Waals surface area contributed by atoms with Crippen LogP contribution in [0.2, 0.25) is 5.02 Å². The van der Waals surface area contributed by atoms with Gasteiger partial charge >= 0.3 is 0 Å². The number of rotatable bonds is 4. The Labute approximate surface area is 121 Å². The van der Waals surface area contributed by atoms with E-state index in [4.69, 9.17) is 16.3 Å². The molecule has 0 amide bonds. The lowest BCUT2D eigenvalue weighted by Crippen LogP contribution is -1.98. The van der Waals surface area contributed by atoms with Crippen LogP contribution in [-0.2, 0) is 6.42 Å². The first-order chi connectivity index (χ1) is 8.70. The van der Waals surface area contributed by atoms with Crippen LogP contribution in [0.1, 0.15) is 16.0 Å². The molecule has 0 radical (unpaired) electrons. The molecule has 2 aromatic carbocycles. The first-order valence-electron chi connectivity index (χ1n) is 5.72. The summed E-state index contributed by atoms with van der Waals surface area (Å²) in [5.41, 5.74) is 2.36. The second kappa shape index (κ2) is 6.26. The third-order valence-electron chi connectivity index (χ3n) is 2.78. The van der Waals surface area contributed by atoms with E-state index < -0.39 is 0 Å². The Hall–Kier alpha value is -0.990. The lowest BCUT2D eigenvalue weighted by molar-refractivity contribution is 0.409. The Kier molecular flexibility index (Phi) is 4.67. The predicted molar refractivity (Wildman–Crippen MR) is 79.8 cm³/mol. The van der Waals surface area contributed by atoms with E-state index in [1.165, 1.54) is 5.56 Å². The maximum absolute atomic E-state index is 5.99. The van der Waals surface area contributed by atoms with Crippen LogP contribution in [0.25, 0.3) is 0 Å². The monoisotopic (exact) mass is 324 g/mol. The summed E-state index contributed by atoms with van der Waals surface area (Å²) in [4.78, 5) is 0.215. The molecule has 3 heteroatoms. The molecule has 1 unspecified atom stereocenters. The zero-order valence-electron chi connectivity index (χ0n) is 10.1. The number of alkyl halides is 1. The zero-order valence-corrected chi connectivity index (χ0v) is 12.4. The van der Waals surface area contributed by atoms with Crippen LogP contribution in [0.3, 0.4) is 0 Å². The standard InChI is InChI=1S/C15H14BrClO/c1-18-15-8-3-2-7-13(15)14(16)10-11-5-4-6-12(17)9-11/h2-9,14H,10H2,1H3. The molecule has 0 bridgehead atoms. The summed E-state index contributed by atoms with van der Waals surface area (Å²) in [6.07, 6.45) is 0.876. The van der Waals surface area contributed by atoms with Gasteiger partial charge in [0.05, 0.1) is 7.11 Å². The molecule has 0 saturated heterocycles. The second-order valence-corrected chi connectivity index (χ2v) is 5.59. The number of ether oxygens (including phenoxy) is 1. The van der Waals surface area contributed by atoms with Gasteiger partial charge in [-0.25, -0.2) is 0 Å². The van der Waals surface area contributed by atoms with Gasteiger partial charge in [0, 0.05) is 15.4 Å². The van der Waals surface area contributed by atoms with Gasteiger partial charge in [-0.2, -0.15) is 0 Å². The fourth-order valence-electron chi connectivity index (χ4n) is 1.91. The summed E-state index contributed by atoms with van der Waals surface area (Å²) in [5, 5.41) is 0.771. The van der Waals surface area contributed by atoms with Gasteiger partial charge in [-0.05, 0) is 30.2 Å². The molecule has 0 aromatic heterocycles. The predicted octanol–water partition coefficient (Wildman–Crippen LogP) is 5.03. The van der Waals surface area contributed by atoms with Gasteiger partial charge in [0.15, 0.2) is 0 Å². The number of halogens is 2. The molecular weight excluding hydrogens is 312 g/mol. The highest BCUT2D eigenvalue weighted by Crippen LogP contribution is 2.33. The molecule has 2 aromatic rings. The van der Waals surface area contributed by atoms with Crippen molar-refractivity contribution in [1.29, 1.82) is 0 Å². The van der Waals surface area contributed by atoms with E-state index in [1.54, 1.807) is 7.11 Å². The topological polar surface area (TPSA) is 9.23 Å². The number of para-hydroxylation sites is 1. The van der Waals surface area contributed by atoms with Crippen molar-refractivity contribution in [2.75, 3.05) is 7.11 Å². The minimum atomic E-state index is 0.215. The van der Waals surface area contributed by atoms with Gasteiger partial charge in [0.2, 0.25) is 0 Å². The van der Waals surface area contributed by atoms with Crippen molar-refractivity contribution in [2.45, 2.75) is 11.2 Å². The van der Waals surface area contributed by atoms with Gasteiger partial charge in [0.25, 0.3) is 0 Å². The van der Waals surface area contributed by atoms with Crippen molar-refractivity contribution >= 4 is 27.5 Å². The van der Waals surface area contributed by atoms with Crippen molar-refractivity contribution in [2.24, 2.45) is 0 Å². The summed E-state index contributed by atoms with van der Waals surface area (Å²) in [5.74, 6) is 0.904. The molecule has 1 atom stereocenters. The third kappa shape index (κ3) is 3.27. The van der Waals surface area contributed by atoms with Crippen LogP contribution in [0.4, 0.5) is 0 Å². The van der Waals surface area contributed by atoms with Crippen LogP contribution < -0.4 is 4.74 Å². The summed E-state index contributed by atoms with van der Waals surface area (Å²) in [6, 6.07) is 16.0. The van der Waals surface area contributed by atoms with E-state index in [-0.39, 0.29) is 4.83 Å². The Morgan fingerprint density at radius 3 is 2.67 bits per heavy atom. The zero-order chi connectivity index (χ0) is 13.0. The molecule has 0 spiro atoms. The smallest absolute Gasteiger partial charge is 0.123 e.